The number of carbonyl (C=O) groups is 1. The van der Waals surface area contributed by atoms with Crippen LogP contribution in [0.4, 0.5) is 9.93 Å². The van der Waals surface area contributed by atoms with E-state index < -0.39 is 21.7 Å². The number of amides is 1. The van der Waals surface area contributed by atoms with Gasteiger partial charge in [0.15, 0.2) is 5.13 Å². The number of aromatic nitrogens is 1. The van der Waals surface area contributed by atoms with Gasteiger partial charge in [0.05, 0.1) is 5.69 Å². The average molecular weight is 307 g/mol. The molecule has 0 aliphatic heterocycles. The molecule has 1 heterocycles. The Kier molecular flexibility index (Phi) is 4.54. The van der Waals surface area contributed by atoms with Crippen LogP contribution in [0.25, 0.3) is 0 Å². The van der Waals surface area contributed by atoms with Crippen molar-refractivity contribution in [3.8, 4) is 0 Å². The van der Waals surface area contributed by atoms with E-state index in [1.807, 2.05) is 0 Å². The minimum absolute atomic E-state index is 0.283. The number of rotatable bonds is 3. The molecule has 0 aromatic carbocycles. The van der Waals surface area contributed by atoms with Crippen LogP contribution in [0, 0.1) is 6.92 Å². The number of anilines is 1. The van der Waals surface area contributed by atoms with Gasteiger partial charge in [-0.25, -0.2) is 23.3 Å². The molecule has 0 fully saturated rings. The predicted octanol–water partition coefficient (Wildman–Crippen LogP) is 1.59. The van der Waals surface area contributed by atoms with Gasteiger partial charge in [-0.05, 0) is 27.7 Å². The molecule has 0 radical (unpaired) electrons. The summed E-state index contributed by atoms with van der Waals surface area (Å²) in [6.07, 6.45) is -0.636. The third kappa shape index (κ3) is 5.99. The Morgan fingerprint density at radius 1 is 1.47 bits per heavy atom. The lowest BCUT2D eigenvalue weighted by molar-refractivity contribution is 0.0636. The van der Waals surface area contributed by atoms with E-state index in [1.165, 1.54) is 0 Å². The van der Waals surface area contributed by atoms with Gasteiger partial charge in [0.1, 0.15) is 11.4 Å². The fourth-order valence-corrected chi connectivity index (χ4v) is 3.24. The lowest BCUT2D eigenvalue weighted by Gasteiger charge is -2.18. The molecule has 0 bridgehead atoms. The normalized spacial score (nSPS) is 12.3. The van der Waals surface area contributed by atoms with Gasteiger partial charge < -0.3 is 4.74 Å². The van der Waals surface area contributed by atoms with Crippen molar-refractivity contribution in [2.75, 3.05) is 5.32 Å². The van der Waals surface area contributed by atoms with Crippen LogP contribution in [-0.2, 0) is 20.5 Å². The van der Waals surface area contributed by atoms with E-state index in [4.69, 9.17) is 9.88 Å². The monoisotopic (exact) mass is 307 g/mol. The van der Waals surface area contributed by atoms with Crippen LogP contribution < -0.4 is 10.5 Å². The van der Waals surface area contributed by atoms with Crippen molar-refractivity contribution < 1.29 is 17.9 Å². The molecule has 0 atom stereocenters. The second-order valence-electron chi connectivity index (χ2n) is 4.96. The minimum atomic E-state index is -3.62. The summed E-state index contributed by atoms with van der Waals surface area (Å²) in [5.41, 5.74) is -0.0927. The molecule has 0 aliphatic carbocycles. The van der Waals surface area contributed by atoms with Crippen LogP contribution in [0.15, 0.2) is 0 Å². The molecule has 3 N–H and O–H groups in total. The van der Waals surface area contributed by atoms with Gasteiger partial charge in [0.2, 0.25) is 10.0 Å². The number of primary sulfonamides is 1. The molecule has 1 amide bonds. The predicted molar refractivity (Wildman–Crippen MR) is 73.5 cm³/mol. The molecule has 19 heavy (non-hydrogen) atoms. The molecule has 1 aromatic heterocycles. The van der Waals surface area contributed by atoms with Crippen LogP contribution in [-0.4, -0.2) is 25.1 Å². The van der Waals surface area contributed by atoms with Crippen molar-refractivity contribution in [1.82, 2.24) is 4.98 Å². The van der Waals surface area contributed by atoms with Gasteiger partial charge >= 0.3 is 6.09 Å². The second kappa shape index (κ2) is 5.43. The highest BCUT2D eigenvalue weighted by Gasteiger charge is 2.19. The molecular weight excluding hydrogens is 290 g/mol. The van der Waals surface area contributed by atoms with Crippen molar-refractivity contribution in [3.05, 3.63) is 10.6 Å². The smallest absolute Gasteiger partial charge is 0.413 e. The first-order chi connectivity index (χ1) is 8.46. The zero-order valence-electron chi connectivity index (χ0n) is 11.2. The zero-order chi connectivity index (χ0) is 14.8. The molecule has 1 rings (SSSR count). The van der Waals surface area contributed by atoms with Gasteiger partial charge in [-0.15, -0.1) is 11.3 Å². The number of aryl methyl sites for hydroxylation is 1. The van der Waals surface area contributed by atoms with Crippen LogP contribution in [0.1, 0.15) is 31.3 Å². The van der Waals surface area contributed by atoms with Crippen LogP contribution in [0.2, 0.25) is 0 Å². The summed E-state index contributed by atoms with van der Waals surface area (Å²) in [5, 5.41) is 7.71. The molecule has 9 heteroatoms. The van der Waals surface area contributed by atoms with Crippen molar-refractivity contribution in [3.63, 3.8) is 0 Å². The first-order valence-electron chi connectivity index (χ1n) is 5.43. The first kappa shape index (κ1) is 15.9. The fraction of sp³-hybridized carbons (Fsp3) is 0.600. The number of thiazole rings is 1. The highest BCUT2D eigenvalue weighted by Crippen LogP contribution is 2.24. The van der Waals surface area contributed by atoms with Gasteiger partial charge in [0, 0.05) is 4.88 Å². The van der Waals surface area contributed by atoms with E-state index >= 15 is 0 Å². The molecule has 0 unspecified atom stereocenters. The van der Waals surface area contributed by atoms with Crippen molar-refractivity contribution in [2.24, 2.45) is 5.14 Å². The third-order valence-electron chi connectivity index (χ3n) is 1.83. The van der Waals surface area contributed by atoms with Crippen molar-refractivity contribution in [2.45, 2.75) is 39.0 Å². The molecular formula is C10H17N3O4S2. The quantitative estimate of drug-likeness (QED) is 0.880. The topological polar surface area (TPSA) is 111 Å². The Morgan fingerprint density at radius 2 is 2.05 bits per heavy atom. The Labute approximate surface area is 116 Å². The highest BCUT2D eigenvalue weighted by molar-refractivity contribution is 7.88. The summed E-state index contributed by atoms with van der Waals surface area (Å²) in [7, 11) is -3.62. The van der Waals surface area contributed by atoms with E-state index in [1.54, 1.807) is 27.7 Å². The van der Waals surface area contributed by atoms with E-state index in [-0.39, 0.29) is 10.9 Å². The van der Waals surface area contributed by atoms with Crippen LogP contribution >= 0.6 is 11.3 Å². The standard InChI is InChI=1S/C10H17N3O4S2/c1-6-7(5-19(11,15)16)18-8(12-6)13-9(14)17-10(2,3)4/h5H2,1-4H3,(H2,11,15,16)(H,12,13,14). The molecule has 0 spiro atoms. The Balaban J connectivity index is 2.77. The summed E-state index contributed by atoms with van der Waals surface area (Å²) in [4.78, 5) is 16.1. The Hall–Kier alpha value is -1.19. The largest absolute Gasteiger partial charge is 0.444 e. The number of hydrogen-bond acceptors (Lipinski definition) is 6. The third-order valence-corrected chi connectivity index (χ3v) is 3.78. The first-order valence-corrected chi connectivity index (χ1v) is 7.96. The van der Waals surface area contributed by atoms with E-state index in [0.29, 0.717) is 10.6 Å². The maximum absolute atomic E-state index is 11.5. The molecule has 108 valence electrons. The number of sulfonamides is 1. The molecule has 0 saturated carbocycles. The van der Waals surface area contributed by atoms with E-state index in [2.05, 4.69) is 10.3 Å². The number of nitrogens with one attached hydrogen (secondary N) is 1. The maximum atomic E-state index is 11.5. The molecule has 1 aromatic rings. The lowest BCUT2D eigenvalue weighted by atomic mass is 10.2. The number of nitrogens with two attached hydrogens (primary N) is 1. The van der Waals surface area contributed by atoms with Crippen molar-refractivity contribution in [1.29, 1.82) is 0 Å². The fourth-order valence-electron chi connectivity index (χ4n) is 1.19. The number of ether oxygens (including phenoxy) is 1. The minimum Gasteiger partial charge on any atom is -0.444 e. The summed E-state index contributed by atoms with van der Waals surface area (Å²) in [6.45, 7) is 6.88. The van der Waals surface area contributed by atoms with Gasteiger partial charge in [0.25, 0.3) is 0 Å². The number of nitrogens with zero attached hydrogens (tertiary/aromatic N) is 1. The number of hydrogen-bond donors (Lipinski definition) is 2. The molecule has 7 nitrogen and oxygen atoms in total. The SMILES string of the molecule is Cc1nc(NC(=O)OC(C)(C)C)sc1CS(N)(=O)=O. The van der Waals surface area contributed by atoms with Gasteiger partial charge in [-0.1, -0.05) is 0 Å². The lowest BCUT2D eigenvalue weighted by Crippen LogP contribution is -2.27. The highest BCUT2D eigenvalue weighted by atomic mass is 32.2. The summed E-state index contributed by atoms with van der Waals surface area (Å²) >= 11 is 1.06. The Bertz CT molecular complexity index is 572. The molecule has 0 aliphatic rings. The second-order valence-corrected chi connectivity index (χ2v) is 7.66. The summed E-state index contributed by atoms with van der Waals surface area (Å²) in [6, 6.07) is 0. The zero-order valence-corrected chi connectivity index (χ0v) is 12.8. The van der Waals surface area contributed by atoms with Gasteiger partial charge in [-0.3, -0.25) is 5.32 Å². The van der Waals surface area contributed by atoms with E-state index in [0.717, 1.165) is 11.3 Å². The molecule has 0 saturated heterocycles. The van der Waals surface area contributed by atoms with Crippen LogP contribution in [0.3, 0.4) is 0 Å². The maximum Gasteiger partial charge on any atom is 0.413 e. The van der Waals surface area contributed by atoms with Crippen LogP contribution in [0.5, 0.6) is 0 Å². The van der Waals surface area contributed by atoms with Crippen molar-refractivity contribution >= 4 is 32.6 Å². The summed E-state index contributed by atoms with van der Waals surface area (Å²) in [5.74, 6) is -0.299. The number of carbonyl (C=O) groups excluding carboxylic acids is 1. The summed E-state index contributed by atoms with van der Waals surface area (Å²) < 4.78 is 27.1. The average Bonchev–Trinajstić information content (AvgIpc) is 2.39. The Morgan fingerprint density at radius 3 is 2.53 bits per heavy atom. The van der Waals surface area contributed by atoms with E-state index in [9.17, 15) is 13.2 Å². The van der Waals surface area contributed by atoms with Gasteiger partial charge in [-0.2, -0.15) is 0 Å².